The number of fused-ring (bicyclic) bond motifs is 1. The Morgan fingerprint density at radius 1 is 1.20 bits per heavy atom. The molecule has 25 heavy (non-hydrogen) atoms. The molecule has 1 fully saturated rings. The molecule has 0 saturated carbocycles. The summed E-state index contributed by atoms with van der Waals surface area (Å²) in [4.78, 5) is 41.3. The fourth-order valence-electron chi connectivity index (χ4n) is 3.42. The third kappa shape index (κ3) is 3.82. The minimum absolute atomic E-state index is 0.00757. The zero-order chi connectivity index (χ0) is 18.0. The highest BCUT2D eigenvalue weighted by molar-refractivity contribution is 5.93. The monoisotopic (exact) mass is 344 g/mol. The van der Waals surface area contributed by atoms with Gasteiger partial charge in [-0.2, -0.15) is 0 Å². The van der Waals surface area contributed by atoms with Crippen molar-refractivity contribution in [3.63, 3.8) is 0 Å². The number of carbonyl (C=O) groups excluding carboxylic acids is 3. The number of rotatable bonds is 3. The molecule has 1 N–H and O–H groups in total. The second kappa shape index (κ2) is 7.23. The van der Waals surface area contributed by atoms with Crippen molar-refractivity contribution in [2.75, 3.05) is 44.7 Å². The summed E-state index contributed by atoms with van der Waals surface area (Å²) in [6, 6.07) is 7.57. The summed E-state index contributed by atoms with van der Waals surface area (Å²) in [5.41, 5.74) is 1.83. The van der Waals surface area contributed by atoms with Gasteiger partial charge in [0.05, 0.1) is 19.1 Å². The first-order chi connectivity index (χ1) is 12.0. The van der Waals surface area contributed by atoms with E-state index in [1.807, 2.05) is 29.2 Å². The lowest BCUT2D eigenvalue weighted by Crippen LogP contribution is -2.51. The molecular formula is C18H24N4O3. The molecule has 1 unspecified atom stereocenters. The van der Waals surface area contributed by atoms with Gasteiger partial charge >= 0.3 is 0 Å². The quantitative estimate of drug-likeness (QED) is 0.860. The van der Waals surface area contributed by atoms with E-state index in [0.29, 0.717) is 26.1 Å². The van der Waals surface area contributed by atoms with Gasteiger partial charge in [0.1, 0.15) is 0 Å². The molecule has 134 valence electrons. The molecule has 1 atom stereocenters. The van der Waals surface area contributed by atoms with E-state index in [9.17, 15) is 14.4 Å². The molecule has 3 rings (SSSR count). The van der Waals surface area contributed by atoms with Gasteiger partial charge in [-0.25, -0.2) is 0 Å². The molecular weight excluding hydrogens is 320 g/mol. The molecule has 7 nitrogen and oxygen atoms in total. The van der Waals surface area contributed by atoms with Crippen LogP contribution in [0.2, 0.25) is 0 Å². The minimum atomic E-state index is -0.109. The van der Waals surface area contributed by atoms with Crippen molar-refractivity contribution in [2.45, 2.75) is 19.4 Å². The van der Waals surface area contributed by atoms with E-state index in [-0.39, 0.29) is 36.9 Å². The smallest absolute Gasteiger partial charge is 0.236 e. The van der Waals surface area contributed by atoms with E-state index in [2.05, 4.69) is 5.32 Å². The highest BCUT2D eigenvalue weighted by atomic mass is 16.2. The Balaban J connectivity index is 1.65. The van der Waals surface area contributed by atoms with Gasteiger partial charge in [0.25, 0.3) is 0 Å². The molecule has 0 aliphatic carbocycles. The van der Waals surface area contributed by atoms with Gasteiger partial charge in [0.2, 0.25) is 17.7 Å². The van der Waals surface area contributed by atoms with Crippen LogP contribution in [0.4, 0.5) is 5.69 Å². The van der Waals surface area contributed by atoms with Crippen LogP contribution >= 0.6 is 0 Å². The summed E-state index contributed by atoms with van der Waals surface area (Å²) in [7, 11) is 1.78. The van der Waals surface area contributed by atoms with Crippen LogP contribution in [0.15, 0.2) is 24.3 Å². The van der Waals surface area contributed by atoms with Crippen LogP contribution in [-0.2, 0) is 14.4 Å². The number of amides is 3. The number of carbonyl (C=O) groups is 3. The van der Waals surface area contributed by atoms with E-state index < -0.39 is 0 Å². The average Bonchev–Trinajstić information content (AvgIpc) is 2.58. The molecule has 7 heteroatoms. The maximum Gasteiger partial charge on any atom is 0.236 e. The molecule has 3 amide bonds. The van der Waals surface area contributed by atoms with Gasteiger partial charge in [0.15, 0.2) is 0 Å². The van der Waals surface area contributed by atoms with Gasteiger partial charge in [-0.1, -0.05) is 18.2 Å². The summed E-state index contributed by atoms with van der Waals surface area (Å²) in [5, 5.41) is 3.06. The molecule has 1 saturated heterocycles. The first-order valence-corrected chi connectivity index (χ1v) is 8.58. The Morgan fingerprint density at radius 3 is 2.68 bits per heavy atom. The van der Waals surface area contributed by atoms with Crippen molar-refractivity contribution in [3.05, 3.63) is 29.8 Å². The molecule has 1 aromatic carbocycles. The number of likely N-dealkylation sites (N-methyl/N-ethyl adjacent to an activating group) is 1. The normalized spacial score (nSPS) is 21.0. The lowest BCUT2D eigenvalue weighted by Gasteiger charge is -2.35. The molecule has 1 aromatic rings. The number of benzene rings is 1. The predicted octanol–water partition coefficient (Wildman–Crippen LogP) is 0.375. The predicted molar refractivity (Wildman–Crippen MR) is 94.0 cm³/mol. The van der Waals surface area contributed by atoms with Gasteiger partial charge in [0, 0.05) is 39.3 Å². The maximum absolute atomic E-state index is 12.4. The molecule has 0 bridgehead atoms. The number of para-hydroxylation sites is 1. The summed E-state index contributed by atoms with van der Waals surface area (Å²) in [5.74, 6) is -0.0410. The topological polar surface area (TPSA) is 73.0 Å². The fourth-order valence-corrected chi connectivity index (χ4v) is 3.42. The standard InChI is InChI=1S/C18H24N4O3/c1-13(23)22-8-7-15(14-5-3-4-6-16(14)22)19-17(24)11-21-10-9-20(2)18(25)12-21/h3-6,15H,7-12H2,1-2H3,(H,19,24). The maximum atomic E-state index is 12.4. The van der Waals surface area contributed by atoms with Crippen LogP contribution in [0.5, 0.6) is 0 Å². The Bertz CT molecular complexity index is 691. The van der Waals surface area contributed by atoms with Gasteiger partial charge in [-0.05, 0) is 18.1 Å². The minimum Gasteiger partial charge on any atom is -0.348 e. The Hall–Kier alpha value is -2.41. The van der Waals surface area contributed by atoms with Crippen LogP contribution in [0.3, 0.4) is 0 Å². The van der Waals surface area contributed by atoms with Crippen molar-refractivity contribution in [3.8, 4) is 0 Å². The molecule has 2 aliphatic heterocycles. The number of piperazine rings is 1. The van der Waals surface area contributed by atoms with Gasteiger partial charge in [-0.15, -0.1) is 0 Å². The van der Waals surface area contributed by atoms with Crippen molar-refractivity contribution in [1.29, 1.82) is 0 Å². The largest absolute Gasteiger partial charge is 0.348 e. The SMILES string of the molecule is CC(=O)N1CCC(NC(=O)CN2CCN(C)C(=O)C2)c2ccccc21. The Morgan fingerprint density at radius 2 is 1.96 bits per heavy atom. The van der Waals surface area contributed by atoms with E-state index in [1.54, 1.807) is 23.8 Å². The highest BCUT2D eigenvalue weighted by Crippen LogP contribution is 2.33. The zero-order valence-electron chi connectivity index (χ0n) is 14.7. The highest BCUT2D eigenvalue weighted by Gasteiger charge is 2.29. The van der Waals surface area contributed by atoms with Crippen LogP contribution in [0.1, 0.15) is 24.9 Å². The summed E-state index contributed by atoms with van der Waals surface area (Å²) in [6.07, 6.45) is 0.685. The zero-order valence-corrected chi connectivity index (χ0v) is 14.7. The van der Waals surface area contributed by atoms with Crippen LogP contribution in [-0.4, -0.2) is 67.3 Å². The number of hydrogen-bond acceptors (Lipinski definition) is 4. The average molecular weight is 344 g/mol. The van der Waals surface area contributed by atoms with Crippen molar-refractivity contribution >= 4 is 23.4 Å². The first kappa shape index (κ1) is 17.4. The van der Waals surface area contributed by atoms with Gasteiger partial charge < -0.3 is 15.1 Å². The van der Waals surface area contributed by atoms with Crippen LogP contribution in [0, 0.1) is 0 Å². The number of anilines is 1. The molecule has 2 heterocycles. The number of hydrogen-bond donors (Lipinski definition) is 1. The number of nitrogens with one attached hydrogen (secondary N) is 1. The third-order valence-corrected chi connectivity index (χ3v) is 4.86. The first-order valence-electron chi connectivity index (χ1n) is 8.58. The number of nitrogens with zero attached hydrogens (tertiary/aromatic N) is 3. The Kier molecular flexibility index (Phi) is 5.03. The van der Waals surface area contributed by atoms with E-state index in [1.165, 1.54) is 0 Å². The van der Waals surface area contributed by atoms with Crippen molar-refractivity contribution in [2.24, 2.45) is 0 Å². The van der Waals surface area contributed by atoms with Crippen molar-refractivity contribution in [1.82, 2.24) is 15.1 Å². The van der Waals surface area contributed by atoms with Crippen LogP contribution < -0.4 is 10.2 Å². The second-order valence-corrected chi connectivity index (χ2v) is 6.66. The molecule has 0 radical (unpaired) electrons. The fraction of sp³-hybridized carbons (Fsp3) is 0.500. The summed E-state index contributed by atoms with van der Waals surface area (Å²) in [6.45, 7) is 3.99. The Labute approximate surface area is 147 Å². The van der Waals surface area contributed by atoms with Gasteiger partial charge in [-0.3, -0.25) is 19.3 Å². The molecule has 0 spiro atoms. The second-order valence-electron chi connectivity index (χ2n) is 6.66. The van der Waals surface area contributed by atoms with Crippen molar-refractivity contribution < 1.29 is 14.4 Å². The lowest BCUT2D eigenvalue weighted by molar-refractivity contribution is -0.135. The summed E-state index contributed by atoms with van der Waals surface area (Å²) >= 11 is 0. The third-order valence-electron chi connectivity index (χ3n) is 4.86. The molecule has 0 aromatic heterocycles. The summed E-state index contributed by atoms with van der Waals surface area (Å²) < 4.78 is 0. The van der Waals surface area contributed by atoms with E-state index in [0.717, 1.165) is 11.3 Å². The van der Waals surface area contributed by atoms with E-state index in [4.69, 9.17) is 0 Å². The molecule has 2 aliphatic rings. The van der Waals surface area contributed by atoms with Crippen LogP contribution in [0.25, 0.3) is 0 Å². The lowest BCUT2D eigenvalue weighted by atomic mass is 9.96. The van der Waals surface area contributed by atoms with E-state index >= 15 is 0 Å².